The topological polar surface area (TPSA) is 67.6 Å². The SMILES string of the molecule is COc1cccc(CN2CCC(NC(=O)c3c(-c4c(F)cccc4Cl)noc3C)CC2)c1. The van der Waals surface area contributed by atoms with Crippen LogP contribution in [-0.2, 0) is 6.54 Å². The van der Waals surface area contributed by atoms with Gasteiger partial charge in [-0.1, -0.05) is 35.0 Å². The van der Waals surface area contributed by atoms with Crippen LogP contribution in [0, 0.1) is 12.7 Å². The van der Waals surface area contributed by atoms with E-state index in [1.807, 2.05) is 18.2 Å². The lowest BCUT2D eigenvalue weighted by Gasteiger charge is -2.32. The summed E-state index contributed by atoms with van der Waals surface area (Å²) in [6, 6.07) is 12.4. The highest BCUT2D eigenvalue weighted by molar-refractivity contribution is 6.33. The summed E-state index contributed by atoms with van der Waals surface area (Å²) in [5, 5.41) is 7.16. The van der Waals surface area contributed by atoms with E-state index in [-0.39, 0.29) is 33.8 Å². The Hall–Kier alpha value is -2.90. The molecule has 1 amide bonds. The third-order valence-electron chi connectivity index (χ3n) is 5.75. The second-order valence-corrected chi connectivity index (χ2v) is 8.34. The van der Waals surface area contributed by atoms with Crippen LogP contribution >= 0.6 is 11.6 Å². The van der Waals surface area contributed by atoms with E-state index < -0.39 is 5.82 Å². The molecule has 1 saturated heterocycles. The Kier molecular flexibility index (Phi) is 6.77. The predicted molar refractivity (Wildman–Crippen MR) is 120 cm³/mol. The molecule has 8 heteroatoms. The van der Waals surface area contributed by atoms with Crippen LogP contribution in [0.2, 0.25) is 5.02 Å². The fourth-order valence-electron chi connectivity index (χ4n) is 4.06. The fraction of sp³-hybridized carbons (Fsp3) is 0.333. The van der Waals surface area contributed by atoms with Crippen LogP contribution in [0.25, 0.3) is 11.3 Å². The molecule has 1 aliphatic rings. The van der Waals surface area contributed by atoms with Gasteiger partial charge in [0, 0.05) is 25.7 Å². The summed E-state index contributed by atoms with van der Waals surface area (Å²) in [5.74, 6) is 0.293. The van der Waals surface area contributed by atoms with Crippen LogP contribution in [0.4, 0.5) is 4.39 Å². The number of ether oxygens (including phenoxy) is 1. The highest BCUT2D eigenvalue weighted by Gasteiger charge is 2.28. The van der Waals surface area contributed by atoms with Crippen LogP contribution < -0.4 is 10.1 Å². The molecule has 4 rings (SSSR count). The number of amides is 1. The van der Waals surface area contributed by atoms with E-state index in [0.29, 0.717) is 5.76 Å². The van der Waals surface area contributed by atoms with E-state index in [1.54, 1.807) is 20.1 Å². The summed E-state index contributed by atoms with van der Waals surface area (Å²) in [5.41, 5.74) is 1.61. The summed E-state index contributed by atoms with van der Waals surface area (Å²) < 4.78 is 24.9. The number of aromatic nitrogens is 1. The number of hydrogen-bond donors (Lipinski definition) is 1. The van der Waals surface area contributed by atoms with Crippen molar-refractivity contribution in [1.29, 1.82) is 0 Å². The molecular weight excluding hydrogens is 433 g/mol. The standard InChI is InChI=1S/C24H25ClFN3O3/c1-15-21(23(28-32-15)22-19(25)7-4-8-20(22)26)24(30)27-17-9-11-29(12-10-17)14-16-5-3-6-18(13-16)31-2/h3-8,13,17H,9-12,14H2,1-2H3,(H,27,30). The lowest BCUT2D eigenvalue weighted by atomic mass is 10.0. The van der Waals surface area contributed by atoms with Crippen LogP contribution in [0.5, 0.6) is 5.75 Å². The largest absolute Gasteiger partial charge is 0.497 e. The van der Waals surface area contributed by atoms with Crippen molar-refractivity contribution >= 4 is 17.5 Å². The number of likely N-dealkylation sites (tertiary alicyclic amines) is 1. The first-order valence-electron chi connectivity index (χ1n) is 10.5. The molecule has 0 aliphatic carbocycles. The quantitative estimate of drug-likeness (QED) is 0.573. The van der Waals surface area contributed by atoms with E-state index in [1.165, 1.54) is 17.7 Å². The van der Waals surface area contributed by atoms with Crippen molar-refractivity contribution in [3.63, 3.8) is 0 Å². The van der Waals surface area contributed by atoms with E-state index in [9.17, 15) is 9.18 Å². The third-order valence-corrected chi connectivity index (χ3v) is 6.07. The minimum Gasteiger partial charge on any atom is -0.497 e. The van der Waals surface area contributed by atoms with Gasteiger partial charge in [0.05, 0.1) is 17.7 Å². The van der Waals surface area contributed by atoms with Crippen molar-refractivity contribution in [3.05, 3.63) is 70.2 Å². The summed E-state index contributed by atoms with van der Waals surface area (Å²) in [6.07, 6.45) is 1.63. The van der Waals surface area contributed by atoms with Gasteiger partial charge in [-0.25, -0.2) is 4.39 Å². The van der Waals surface area contributed by atoms with Crippen molar-refractivity contribution in [2.24, 2.45) is 0 Å². The highest BCUT2D eigenvalue weighted by atomic mass is 35.5. The number of nitrogens with zero attached hydrogens (tertiary/aromatic N) is 2. The number of rotatable bonds is 6. The zero-order valence-electron chi connectivity index (χ0n) is 18.0. The summed E-state index contributed by atoms with van der Waals surface area (Å²) in [6.45, 7) is 4.18. The molecule has 1 fully saturated rings. The smallest absolute Gasteiger partial charge is 0.257 e. The molecule has 2 aromatic carbocycles. The van der Waals surface area contributed by atoms with Gasteiger partial charge >= 0.3 is 0 Å². The molecule has 1 N–H and O–H groups in total. The fourth-order valence-corrected chi connectivity index (χ4v) is 4.31. The lowest BCUT2D eigenvalue weighted by Crippen LogP contribution is -2.44. The number of piperidine rings is 1. The van der Waals surface area contributed by atoms with Crippen LogP contribution in [0.1, 0.15) is 34.5 Å². The Balaban J connectivity index is 1.40. The molecule has 6 nitrogen and oxygen atoms in total. The number of halogens is 2. The van der Waals surface area contributed by atoms with Gasteiger partial charge in [0.1, 0.15) is 28.6 Å². The number of carbonyl (C=O) groups excluding carboxylic acids is 1. The molecule has 0 radical (unpaired) electrons. The molecule has 0 spiro atoms. The Morgan fingerprint density at radius 2 is 2.03 bits per heavy atom. The molecule has 32 heavy (non-hydrogen) atoms. The minimum absolute atomic E-state index is 0.0160. The van der Waals surface area contributed by atoms with Crippen LogP contribution in [0.15, 0.2) is 47.0 Å². The molecule has 0 bridgehead atoms. The maximum absolute atomic E-state index is 14.4. The maximum Gasteiger partial charge on any atom is 0.257 e. The normalized spacial score (nSPS) is 15.0. The van der Waals surface area contributed by atoms with Gasteiger partial charge in [-0.05, 0) is 49.6 Å². The zero-order valence-corrected chi connectivity index (χ0v) is 18.8. The molecule has 0 unspecified atom stereocenters. The minimum atomic E-state index is -0.550. The van der Waals surface area contributed by atoms with Crippen molar-refractivity contribution in [2.45, 2.75) is 32.4 Å². The second-order valence-electron chi connectivity index (χ2n) is 7.93. The molecule has 1 aliphatic heterocycles. The number of aryl methyl sites for hydroxylation is 1. The van der Waals surface area contributed by atoms with Gasteiger partial charge in [0.2, 0.25) is 0 Å². The number of carbonyl (C=O) groups is 1. The van der Waals surface area contributed by atoms with E-state index in [2.05, 4.69) is 21.4 Å². The van der Waals surface area contributed by atoms with Gasteiger partial charge < -0.3 is 14.6 Å². The van der Waals surface area contributed by atoms with E-state index in [0.717, 1.165) is 38.2 Å². The number of nitrogens with one attached hydrogen (secondary N) is 1. The Morgan fingerprint density at radius 3 is 2.75 bits per heavy atom. The number of methoxy groups -OCH3 is 1. The van der Waals surface area contributed by atoms with Crippen molar-refractivity contribution in [1.82, 2.24) is 15.4 Å². The Bertz CT molecular complexity index is 1090. The summed E-state index contributed by atoms with van der Waals surface area (Å²) >= 11 is 6.18. The van der Waals surface area contributed by atoms with Gasteiger partial charge in [-0.15, -0.1) is 0 Å². The first-order valence-corrected chi connectivity index (χ1v) is 10.9. The van der Waals surface area contributed by atoms with Crippen LogP contribution in [0.3, 0.4) is 0 Å². The zero-order chi connectivity index (χ0) is 22.7. The average molecular weight is 458 g/mol. The van der Waals surface area contributed by atoms with E-state index >= 15 is 0 Å². The molecule has 3 aromatic rings. The van der Waals surface area contributed by atoms with Gasteiger partial charge in [-0.3, -0.25) is 9.69 Å². The Morgan fingerprint density at radius 1 is 1.28 bits per heavy atom. The highest BCUT2D eigenvalue weighted by Crippen LogP contribution is 2.33. The number of benzene rings is 2. The molecule has 2 heterocycles. The molecule has 0 atom stereocenters. The first-order chi connectivity index (χ1) is 15.5. The monoisotopic (exact) mass is 457 g/mol. The van der Waals surface area contributed by atoms with Crippen molar-refractivity contribution in [3.8, 4) is 17.0 Å². The van der Waals surface area contributed by atoms with Gasteiger partial charge in [-0.2, -0.15) is 0 Å². The van der Waals surface area contributed by atoms with Gasteiger partial charge in [0.15, 0.2) is 0 Å². The van der Waals surface area contributed by atoms with E-state index in [4.69, 9.17) is 20.9 Å². The first kappa shape index (κ1) is 22.3. The predicted octanol–water partition coefficient (Wildman–Crippen LogP) is 4.85. The van der Waals surface area contributed by atoms with Crippen molar-refractivity contribution in [2.75, 3.05) is 20.2 Å². The van der Waals surface area contributed by atoms with Crippen LogP contribution in [-0.4, -0.2) is 42.2 Å². The van der Waals surface area contributed by atoms with Gasteiger partial charge in [0.25, 0.3) is 5.91 Å². The maximum atomic E-state index is 14.4. The molecule has 1 aromatic heterocycles. The summed E-state index contributed by atoms with van der Waals surface area (Å²) in [7, 11) is 1.66. The molecular formula is C24H25ClFN3O3. The second kappa shape index (κ2) is 9.71. The molecule has 168 valence electrons. The number of hydrogen-bond acceptors (Lipinski definition) is 5. The summed E-state index contributed by atoms with van der Waals surface area (Å²) in [4.78, 5) is 15.4. The Labute approximate surface area is 191 Å². The van der Waals surface area contributed by atoms with Crippen molar-refractivity contribution < 1.29 is 18.4 Å². The average Bonchev–Trinajstić information content (AvgIpc) is 3.16. The third kappa shape index (κ3) is 4.79. The molecule has 0 saturated carbocycles. The lowest BCUT2D eigenvalue weighted by molar-refractivity contribution is 0.0908.